The van der Waals surface area contributed by atoms with Crippen molar-refractivity contribution in [2.45, 2.75) is 12.8 Å². The maximum atomic E-state index is 12.1. The van der Waals surface area contributed by atoms with Gasteiger partial charge in [0.1, 0.15) is 4.60 Å². The van der Waals surface area contributed by atoms with Crippen molar-refractivity contribution in [3.05, 3.63) is 16.7 Å². The molecule has 0 aromatic carbocycles. The summed E-state index contributed by atoms with van der Waals surface area (Å²) in [6.45, 7) is 2.91. The first-order valence-corrected chi connectivity index (χ1v) is 7.34. The molecule has 0 spiro atoms. The molecule has 0 unspecified atom stereocenters. The Bertz CT molecular complexity index is 489. The van der Waals surface area contributed by atoms with E-state index in [-0.39, 0.29) is 12.5 Å². The second-order valence-electron chi connectivity index (χ2n) is 4.94. The molecule has 1 saturated heterocycles. The average Bonchev–Trinajstić information content (AvgIpc) is 2.43. The fourth-order valence-electron chi connectivity index (χ4n) is 2.56. The van der Waals surface area contributed by atoms with Gasteiger partial charge >= 0.3 is 0 Å². The van der Waals surface area contributed by atoms with E-state index in [2.05, 4.69) is 26.2 Å². The molecule has 1 aromatic rings. The van der Waals surface area contributed by atoms with Crippen LogP contribution in [0, 0.1) is 5.92 Å². The predicted octanol–water partition coefficient (Wildman–Crippen LogP) is 1.57. The van der Waals surface area contributed by atoms with Crippen molar-refractivity contribution in [3.63, 3.8) is 0 Å². The van der Waals surface area contributed by atoms with Gasteiger partial charge in [0.15, 0.2) is 18.2 Å². The number of fused-ring (bicyclic) bond motifs is 1. The van der Waals surface area contributed by atoms with Gasteiger partial charge in [-0.25, -0.2) is 4.98 Å². The van der Waals surface area contributed by atoms with Crippen LogP contribution in [0.4, 0.5) is 5.82 Å². The number of amides is 1. The minimum absolute atomic E-state index is 0.00312. The number of piperidine rings is 1. The van der Waals surface area contributed by atoms with Crippen LogP contribution in [0.3, 0.4) is 0 Å². The number of aromatic nitrogens is 1. The van der Waals surface area contributed by atoms with E-state index < -0.39 is 0 Å². The van der Waals surface area contributed by atoms with E-state index in [1.165, 1.54) is 0 Å². The summed E-state index contributed by atoms with van der Waals surface area (Å²) < 4.78 is 6.15. The molecule has 1 amide bonds. The second-order valence-corrected chi connectivity index (χ2v) is 5.75. The van der Waals surface area contributed by atoms with Crippen molar-refractivity contribution in [2.75, 3.05) is 31.1 Å². The van der Waals surface area contributed by atoms with Crippen LogP contribution in [0.1, 0.15) is 12.8 Å². The molecule has 1 N–H and O–H groups in total. The van der Waals surface area contributed by atoms with Crippen LogP contribution in [0.25, 0.3) is 0 Å². The summed E-state index contributed by atoms with van der Waals surface area (Å²) in [4.78, 5) is 18.2. The van der Waals surface area contributed by atoms with E-state index in [0.717, 1.165) is 37.1 Å². The zero-order valence-electron chi connectivity index (χ0n) is 10.6. The van der Waals surface area contributed by atoms with Crippen molar-refractivity contribution >= 4 is 27.7 Å². The summed E-state index contributed by atoms with van der Waals surface area (Å²) in [5.74, 6) is 1.87. The molecule has 0 radical (unpaired) electrons. The molecule has 0 atom stereocenters. The molecule has 3 rings (SSSR count). The van der Waals surface area contributed by atoms with Crippen LogP contribution >= 0.6 is 15.9 Å². The fraction of sp³-hybridized carbons (Fsp3) is 0.538. The summed E-state index contributed by atoms with van der Waals surface area (Å²) in [5.41, 5.74) is 0. The number of rotatable bonds is 2. The van der Waals surface area contributed by atoms with Crippen molar-refractivity contribution in [1.82, 2.24) is 10.3 Å². The topological polar surface area (TPSA) is 54.5 Å². The van der Waals surface area contributed by atoms with Crippen LogP contribution < -0.4 is 15.0 Å². The average molecular weight is 326 g/mol. The number of carbonyl (C=O) groups excluding carboxylic acids is 1. The quantitative estimate of drug-likeness (QED) is 0.839. The lowest BCUT2D eigenvalue weighted by Crippen LogP contribution is -2.44. The van der Waals surface area contributed by atoms with Crippen LogP contribution in [-0.2, 0) is 4.79 Å². The van der Waals surface area contributed by atoms with Crippen molar-refractivity contribution in [2.24, 2.45) is 5.92 Å². The minimum Gasteiger partial charge on any atom is -0.480 e. The van der Waals surface area contributed by atoms with E-state index >= 15 is 0 Å². The monoisotopic (exact) mass is 325 g/mol. The third kappa shape index (κ3) is 2.74. The number of hydrogen-bond donors (Lipinski definition) is 1. The summed E-state index contributed by atoms with van der Waals surface area (Å²) in [7, 11) is 0. The summed E-state index contributed by atoms with van der Waals surface area (Å²) >= 11 is 3.35. The highest BCUT2D eigenvalue weighted by atomic mass is 79.9. The van der Waals surface area contributed by atoms with Gasteiger partial charge in [-0.05, 0) is 59.9 Å². The van der Waals surface area contributed by atoms with Gasteiger partial charge in [-0.2, -0.15) is 0 Å². The van der Waals surface area contributed by atoms with E-state index in [1.54, 1.807) is 4.90 Å². The normalized spacial score (nSPS) is 20.1. The number of pyridine rings is 1. The lowest BCUT2D eigenvalue weighted by atomic mass is 9.97. The van der Waals surface area contributed by atoms with Crippen LogP contribution in [-0.4, -0.2) is 37.1 Å². The first-order valence-electron chi connectivity index (χ1n) is 6.54. The number of ether oxygens (including phenoxy) is 1. The molecular formula is C13H16BrN3O2. The third-order valence-corrected chi connectivity index (χ3v) is 4.05. The summed E-state index contributed by atoms with van der Waals surface area (Å²) in [6, 6.07) is 3.69. The van der Waals surface area contributed by atoms with E-state index in [9.17, 15) is 4.79 Å². The van der Waals surface area contributed by atoms with E-state index in [1.807, 2.05) is 12.1 Å². The SMILES string of the molecule is O=C1COc2ccc(Br)nc2N1CC1CCNCC1. The Balaban J connectivity index is 1.83. The van der Waals surface area contributed by atoms with Gasteiger partial charge in [-0.15, -0.1) is 0 Å². The summed E-state index contributed by atoms with van der Waals surface area (Å²) in [5, 5.41) is 3.34. The molecule has 2 aliphatic heterocycles. The summed E-state index contributed by atoms with van der Waals surface area (Å²) in [6.07, 6.45) is 2.21. The molecule has 0 saturated carbocycles. The van der Waals surface area contributed by atoms with E-state index in [0.29, 0.717) is 17.5 Å². The molecule has 6 heteroatoms. The zero-order valence-corrected chi connectivity index (χ0v) is 12.1. The first-order chi connectivity index (χ1) is 9.24. The molecular weight excluding hydrogens is 310 g/mol. The van der Waals surface area contributed by atoms with Gasteiger partial charge in [0.05, 0.1) is 0 Å². The minimum atomic E-state index is -0.00312. The Labute approximate surface area is 120 Å². The fourth-order valence-corrected chi connectivity index (χ4v) is 2.86. The Kier molecular flexibility index (Phi) is 3.70. The number of carbonyl (C=O) groups is 1. The molecule has 102 valence electrons. The van der Waals surface area contributed by atoms with Crippen LogP contribution in [0.5, 0.6) is 5.75 Å². The molecule has 19 heavy (non-hydrogen) atoms. The number of halogens is 1. The third-order valence-electron chi connectivity index (χ3n) is 3.61. The molecule has 1 fully saturated rings. The van der Waals surface area contributed by atoms with Gasteiger partial charge in [0.25, 0.3) is 5.91 Å². The van der Waals surface area contributed by atoms with Crippen LogP contribution in [0.2, 0.25) is 0 Å². The standard InChI is InChI=1S/C13H16BrN3O2/c14-11-2-1-10-13(16-11)17(12(18)8-19-10)7-9-3-5-15-6-4-9/h1-2,9,15H,3-8H2. The maximum Gasteiger partial charge on any atom is 0.266 e. The number of anilines is 1. The van der Waals surface area contributed by atoms with Gasteiger partial charge in [0.2, 0.25) is 0 Å². The van der Waals surface area contributed by atoms with Gasteiger partial charge < -0.3 is 10.1 Å². The van der Waals surface area contributed by atoms with Crippen molar-refractivity contribution < 1.29 is 9.53 Å². The zero-order chi connectivity index (χ0) is 13.2. The van der Waals surface area contributed by atoms with Crippen molar-refractivity contribution in [1.29, 1.82) is 0 Å². The smallest absolute Gasteiger partial charge is 0.266 e. The predicted molar refractivity (Wildman–Crippen MR) is 75.4 cm³/mol. The Morgan fingerprint density at radius 1 is 1.42 bits per heavy atom. The van der Waals surface area contributed by atoms with Gasteiger partial charge in [-0.1, -0.05) is 0 Å². The highest BCUT2D eigenvalue weighted by Crippen LogP contribution is 2.32. The lowest BCUT2D eigenvalue weighted by molar-refractivity contribution is -0.121. The number of nitrogens with one attached hydrogen (secondary N) is 1. The largest absolute Gasteiger partial charge is 0.480 e. The lowest BCUT2D eigenvalue weighted by Gasteiger charge is -2.32. The first kappa shape index (κ1) is 12.9. The molecule has 0 bridgehead atoms. The molecule has 5 nitrogen and oxygen atoms in total. The Hall–Kier alpha value is -1.14. The van der Waals surface area contributed by atoms with E-state index in [4.69, 9.17) is 4.74 Å². The number of nitrogens with zero attached hydrogens (tertiary/aromatic N) is 2. The Morgan fingerprint density at radius 3 is 3.00 bits per heavy atom. The molecule has 1 aromatic heterocycles. The van der Waals surface area contributed by atoms with Gasteiger partial charge in [0, 0.05) is 6.54 Å². The highest BCUT2D eigenvalue weighted by molar-refractivity contribution is 9.10. The Morgan fingerprint density at radius 2 is 2.21 bits per heavy atom. The number of hydrogen-bond acceptors (Lipinski definition) is 4. The van der Waals surface area contributed by atoms with Gasteiger partial charge in [-0.3, -0.25) is 9.69 Å². The molecule has 3 heterocycles. The molecule has 2 aliphatic rings. The van der Waals surface area contributed by atoms with Crippen molar-refractivity contribution in [3.8, 4) is 5.75 Å². The maximum absolute atomic E-state index is 12.1. The molecule has 0 aliphatic carbocycles. The second kappa shape index (κ2) is 5.46. The highest BCUT2D eigenvalue weighted by Gasteiger charge is 2.29. The van der Waals surface area contributed by atoms with Crippen LogP contribution in [0.15, 0.2) is 16.7 Å².